The Morgan fingerprint density at radius 1 is 1.14 bits per heavy atom. The van der Waals surface area contributed by atoms with Crippen LogP contribution in [0.3, 0.4) is 0 Å². The summed E-state index contributed by atoms with van der Waals surface area (Å²) in [6.07, 6.45) is 0. The summed E-state index contributed by atoms with van der Waals surface area (Å²) in [6, 6.07) is 11.4. The predicted molar refractivity (Wildman–Crippen MR) is 81.5 cm³/mol. The van der Waals surface area contributed by atoms with Crippen molar-refractivity contribution in [2.45, 2.75) is 33.0 Å². The molecule has 0 saturated heterocycles. The van der Waals surface area contributed by atoms with E-state index in [0.29, 0.717) is 18.2 Å². The number of benzene rings is 1. The standard InChI is InChI=1S/C17H21NO3/c1-12(2)16-8-14(10-19)9-17(18-16)21-15-6-4-5-13(7-15)11-20-3/h4-9,12,19H,10-11H2,1-3H3. The van der Waals surface area contributed by atoms with Crippen molar-refractivity contribution in [3.63, 3.8) is 0 Å². The van der Waals surface area contributed by atoms with Gasteiger partial charge < -0.3 is 14.6 Å². The summed E-state index contributed by atoms with van der Waals surface area (Å²) in [5.41, 5.74) is 2.75. The largest absolute Gasteiger partial charge is 0.439 e. The van der Waals surface area contributed by atoms with Gasteiger partial charge in [-0.25, -0.2) is 4.98 Å². The lowest BCUT2D eigenvalue weighted by Crippen LogP contribution is -1.99. The van der Waals surface area contributed by atoms with Gasteiger partial charge in [0.25, 0.3) is 0 Å². The molecule has 4 heteroatoms. The van der Waals surface area contributed by atoms with Crippen molar-refractivity contribution in [3.8, 4) is 11.6 Å². The van der Waals surface area contributed by atoms with Crippen LogP contribution in [0.15, 0.2) is 36.4 Å². The molecule has 0 bridgehead atoms. The zero-order valence-corrected chi connectivity index (χ0v) is 12.7. The Morgan fingerprint density at radius 3 is 2.62 bits per heavy atom. The van der Waals surface area contributed by atoms with E-state index in [4.69, 9.17) is 9.47 Å². The Hall–Kier alpha value is -1.91. The van der Waals surface area contributed by atoms with Crippen LogP contribution < -0.4 is 4.74 Å². The second kappa shape index (κ2) is 7.20. The van der Waals surface area contributed by atoms with Gasteiger partial charge in [0.2, 0.25) is 5.88 Å². The third-order valence-corrected chi connectivity index (χ3v) is 3.09. The van der Waals surface area contributed by atoms with Crippen molar-refractivity contribution >= 4 is 0 Å². The lowest BCUT2D eigenvalue weighted by molar-refractivity contribution is 0.184. The quantitative estimate of drug-likeness (QED) is 0.881. The van der Waals surface area contributed by atoms with Gasteiger partial charge in [-0.3, -0.25) is 0 Å². The molecule has 1 aromatic heterocycles. The summed E-state index contributed by atoms with van der Waals surface area (Å²) in [6.45, 7) is 4.64. The molecule has 0 spiro atoms. The monoisotopic (exact) mass is 287 g/mol. The smallest absolute Gasteiger partial charge is 0.219 e. The van der Waals surface area contributed by atoms with Crippen molar-refractivity contribution in [1.82, 2.24) is 4.98 Å². The maximum absolute atomic E-state index is 9.35. The third kappa shape index (κ3) is 4.28. The number of aliphatic hydroxyl groups excluding tert-OH is 1. The molecule has 4 nitrogen and oxygen atoms in total. The first-order valence-electron chi connectivity index (χ1n) is 7.00. The highest BCUT2D eigenvalue weighted by atomic mass is 16.5. The van der Waals surface area contributed by atoms with E-state index >= 15 is 0 Å². The van der Waals surface area contributed by atoms with Crippen LogP contribution in [-0.4, -0.2) is 17.2 Å². The number of hydrogen-bond donors (Lipinski definition) is 1. The first-order valence-corrected chi connectivity index (χ1v) is 7.00. The fraction of sp³-hybridized carbons (Fsp3) is 0.353. The van der Waals surface area contributed by atoms with Crippen molar-refractivity contribution in [2.24, 2.45) is 0 Å². The molecule has 1 N–H and O–H groups in total. The summed E-state index contributed by atoms with van der Waals surface area (Å²) < 4.78 is 10.9. The highest BCUT2D eigenvalue weighted by Gasteiger charge is 2.08. The van der Waals surface area contributed by atoms with Gasteiger partial charge in [0.05, 0.1) is 13.2 Å². The molecule has 0 atom stereocenters. The number of ether oxygens (including phenoxy) is 2. The topological polar surface area (TPSA) is 51.6 Å². The van der Waals surface area contributed by atoms with Gasteiger partial charge in [-0.15, -0.1) is 0 Å². The molecule has 0 radical (unpaired) electrons. The molecular formula is C17H21NO3. The molecule has 1 heterocycles. The van der Waals surface area contributed by atoms with E-state index in [9.17, 15) is 5.11 Å². The van der Waals surface area contributed by atoms with Crippen LogP contribution >= 0.6 is 0 Å². The zero-order chi connectivity index (χ0) is 15.2. The Kier molecular flexibility index (Phi) is 5.31. The number of rotatable bonds is 6. The minimum absolute atomic E-state index is 0.0255. The maximum Gasteiger partial charge on any atom is 0.219 e. The Morgan fingerprint density at radius 2 is 1.95 bits per heavy atom. The van der Waals surface area contributed by atoms with Crippen LogP contribution in [0.2, 0.25) is 0 Å². The van der Waals surface area contributed by atoms with E-state index in [0.717, 1.165) is 16.8 Å². The lowest BCUT2D eigenvalue weighted by Gasteiger charge is -2.11. The third-order valence-electron chi connectivity index (χ3n) is 3.09. The number of methoxy groups -OCH3 is 1. The molecule has 0 amide bonds. The molecule has 0 aliphatic heterocycles. The van der Waals surface area contributed by atoms with E-state index in [-0.39, 0.29) is 12.5 Å². The highest BCUT2D eigenvalue weighted by molar-refractivity contribution is 5.33. The van der Waals surface area contributed by atoms with Crippen molar-refractivity contribution < 1.29 is 14.6 Å². The first-order chi connectivity index (χ1) is 10.1. The Labute approximate surface area is 125 Å². The van der Waals surface area contributed by atoms with Gasteiger partial charge in [0.15, 0.2) is 0 Å². The van der Waals surface area contributed by atoms with Crippen LogP contribution in [0.1, 0.15) is 36.6 Å². The van der Waals surface area contributed by atoms with Gasteiger partial charge in [-0.2, -0.15) is 0 Å². The molecule has 2 aromatic rings. The second-order valence-electron chi connectivity index (χ2n) is 5.23. The van der Waals surface area contributed by atoms with Crippen LogP contribution in [0, 0.1) is 0 Å². The minimum Gasteiger partial charge on any atom is -0.439 e. The molecule has 21 heavy (non-hydrogen) atoms. The van der Waals surface area contributed by atoms with Gasteiger partial charge in [-0.05, 0) is 35.2 Å². The average Bonchev–Trinajstić information content (AvgIpc) is 2.47. The molecule has 0 saturated carbocycles. The number of nitrogens with zero attached hydrogens (tertiary/aromatic N) is 1. The summed E-state index contributed by atoms with van der Waals surface area (Å²) >= 11 is 0. The van der Waals surface area contributed by atoms with Crippen LogP contribution in [0.5, 0.6) is 11.6 Å². The molecule has 2 rings (SSSR count). The SMILES string of the molecule is COCc1cccc(Oc2cc(CO)cc(C(C)C)n2)c1. The molecule has 0 aliphatic carbocycles. The van der Waals surface area contributed by atoms with E-state index in [1.807, 2.05) is 30.3 Å². The van der Waals surface area contributed by atoms with Crippen LogP contribution in [-0.2, 0) is 18.0 Å². The highest BCUT2D eigenvalue weighted by Crippen LogP contribution is 2.24. The summed E-state index contributed by atoms with van der Waals surface area (Å²) in [7, 11) is 1.66. The normalized spacial score (nSPS) is 10.9. The Balaban J connectivity index is 2.26. The molecular weight excluding hydrogens is 266 g/mol. The van der Waals surface area contributed by atoms with Crippen molar-refractivity contribution in [2.75, 3.05) is 7.11 Å². The zero-order valence-electron chi connectivity index (χ0n) is 12.7. The van der Waals surface area contributed by atoms with Gasteiger partial charge in [0, 0.05) is 18.9 Å². The van der Waals surface area contributed by atoms with Gasteiger partial charge in [-0.1, -0.05) is 26.0 Å². The number of pyridine rings is 1. The van der Waals surface area contributed by atoms with Gasteiger partial charge in [0.1, 0.15) is 5.75 Å². The van der Waals surface area contributed by atoms with E-state index in [1.54, 1.807) is 13.2 Å². The summed E-state index contributed by atoms with van der Waals surface area (Å²) in [4.78, 5) is 4.49. The second-order valence-corrected chi connectivity index (χ2v) is 5.23. The number of aliphatic hydroxyl groups is 1. The van der Waals surface area contributed by atoms with Crippen LogP contribution in [0.25, 0.3) is 0 Å². The predicted octanol–water partition coefficient (Wildman–Crippen LogP) is 3.64. The van der Waals surface area contributed by atoms with Gasteiger partial charge >= 0.3 is 0 Å². The van der Waals surface area contributed by atoms with Crippen molar-refractivity contribution in [3.05, 3.63) is 53.2 Å². The fourth-order valence-electron chi connectivity index (χ4n) is 2.01. The molecule has 1 aromatic carbocycles. The first kappa shape index (κ1) is 15.5. The fourth-order valence-corrected chi connectivity index (χ4v) is 2.01. The molecule has 0 unspecified atom stereocenters. The van der Waals surface area contributed by atoms with Crippen LogP contribution in [0.4, 0.5) is 0 Å². The average molecular weight is 287 g/mol. The molecule has 0 aliphatic rings. The van der Waals surface area contributed by atoms with E-state index < -0.39 is 0 Å². The minimum atomic E-state index is -0.0255. The number of aromatic nitrogens is 1. The number of hydrogen-bond acceptors (Lipinski definition) is 4. The lowest BCUT2D eigenvalue weighted by atomic mass is 10.1. The Bertz CT molecular complexity index is 596. The van der Waals surface area contributed by atoms with Crippen molar-refractivity contribution in [1.29, 1.82) is 0 Å². The molecule has 0 fully saturated rings. The summed E-state index contributed by atoms with van der Waals surface area (Å²) in [5, 5.41) is 9.35. The summed E-state index contributed by atoms with van der Waals surface area (Å²) in [5.74, 6) is 1.49. The van der Waals surface area contributed by atoms with E-state index in [2.05, 4.69) is 18.8 Å². The molecule has 112 valence electrons. The maximum atomic E-state index is 9.35. The van der Waals surface area contributed by atoms with E-state index in [1.165, 1.54) is 0 Å².